The Morgan fingerprint density at radius 1 is 1.29 bits per heavy atom. The van der Waals surface area contributed by atoms with E-state index in [-0.39, 0.29) is 0 Å². The molecule has 2 rings (SSSR count). The Morgan fingerprint density at radius 2 is 1.96 bits per heavy atom. The number of nitrogens with one attached hydrogen (secondary N) is 2. The molecule has 0 aliphatic carbocycles. The van der Waals surface area contributed by atoms with Crippen LogP contribution in [0.3, 0.4) is 0 Å². The van der Waals surface area contributed by atoms with Crippen LogP contribution in [0.2, 0.25) is 0 Å². The molecule has 1 amide bonds. The second kappa shape index (κ2) is 9.92. The highest BCUT2D eigenvalue weighted by molar-refractivity contribution is 5.81. The van der Waals surface area contributed by atoms with Gasteiger partial charge in [-0.1, -0.05) is 32.6 Å². The molecule has 0 saturated carbocycles. The average Bonchev–Trinajstić information content (AvgIpc) is 2.95. The largest absolute Gasteiger partial charge is 0.387 e. The normalized spacial score (nSPS) is 25.6. The Labute approximate surface area is 160 Å². The highest BCUT2D eigenvalue weighted by Crippen LogP contribution is 2.30. The number of aromatic amines is 1. The van der Waals surface area contributed by atoms with E-state index in [2.05, 4.69) is 12.2 Å². The van der Waals surface area contributed by atoms with Crippen LogP contribution in [0.15, 0.2) is 15.8 Å². The lowest BCUT2D eigenvalue weighted by atomic mass is 10.0. The summed E-state index contributed by atoms with van der Waals surface area (Å²) in [6.45, 7) is 2.42. The molecule has 5 N–H and O–H groups in total. The Balaban J connectivity index is 1.99. The Bertz CT molecular complexity index is 781. The van der Waals surface area contributed by atoms with Crippen molar-refractivity contribution in [2.75, 3.05) is 6.54 Å². The molecule has 0 unspecified atom stereocenters. The molecule has 10 nitrogen and oxygen atoms in total. The molecule has 1 fully saturated rings. The lowest BCUT2D eigenvalue weighted by molar-refractivity contribution is -0.143. The molecule has 1 aliphatic rings. The number of aliphatic hydroxyl groups is 3. The fraction of sp³-hybridized carbons (Fsp3) is 0.706. The first-order chi connectivity index (χ1) is 13.3. The van der Waals surface area contributed by atoms with Crippen molar-refractivity contribution in [3.63, 3.8) is 0 Å². The Hall–Kier alpha value is -2.08. The summed E-state index contributed by atoms with van der Waals surface area (Å²) in [4.78, 5) is 36.7. The van der Waals surface area contributed by atoms with E-state index in [0.717, 1.165) is 32.1 Å². The molecule has 11 heteroatoms. The number of hydrogen-bond acceptors (Lipinski definition) is 7. The fourth-order valence-electron chi connectivity index (χ4n) is 3.02. The number of carbonyl (C=O) groups excluding carboxylic acids is 1. The van der Waals surface area contributed by atoms with Gasteiger partial charge in [-0.3, -0.25) is 19.1 Å². The third-order valence-corrected chi connectivity index (χ3v) is 4.63. The van der Waals surface area contributed by atoms with Crippen molar-refractivity contribution >= 4 is 5.91 Å². The van der Waals surface area contributed by atoms with Crippen molar-refractivity contribution in [3.8, 4) is 0 Å². The summed E-state index contributed by atoms with van der Waals surface area (Å²) >= 11 is 0. The predicted molar refractivity (Wildman–Crippen MR) is 95.0 cm³/mol. The quantitative estimate of drug-likeness (QED) is 0.323. The SMILES string of the molecule is CCCCCCCNC(=O)[C@H](O)[C@@H]1O[C@H](n2cc(F)c(=O)[nH]c2=O)[C@H](O)[C@@H]1O. The van der Waals surface area contributed by atoms with E-state index in [0.29, 0.717) is 17.3 Å². The van der Waals surface area contributed by atoms with E-state index >= 15 is 0 Å². The first kappa shape index (κ1) is 22.2. The molecule has 0 radical (unpaired) electrons. The van der Waals surface area contributed by atoms with Crippen molar-refractivity contribution in [2.24, 2.45) is 0 Å². The van der Waals surface area contributed by atoms with Gasteiger partial charge in [-0.25, -0.2) is 4.79 Å². The number of amides is 1. The minimum absolute atomic E-state index is 0.332. The summed E-state index contributed by atoms with van der Waals surface area (Å²) in [5.74, 6) is -2.10. The maximum Gasteiger partial charge on any atom is 0.330 e. The minimum atomic E-state index is -1.81. The molecular formula is C17H26FN3O7. The van der Waals surface area contributed by atoms with Gasteiger partial charge in [0.2, 0.25) is 5.82 Å². The van der Waals surface area contributed by atoms with E-state index in [1.807, 2.05) is 0 Å². The van der Waals surface area contributed by atoms with Gasteiger partial charge in [-0.15, -0.1) is 0 Å². The minimum Gasteiger partial charge on any atom is -0.387 e. The number of carbonyl (C=O) groups is 1. The number of halogens is 1. The van der Waals surface area contributed by atoms with Crippen LogP contribution in [0.1, 0.15) is 45.3 Å². The lowest BCUT2D eigenvalue weighted by Crippen LogP contribution is -2.47. The summed E-state index contributed by atoms with van der Waals surface area (Å²) < 4.78 is 19.3. The predicted octanol–water partition coefficient (Wildman–Crippen LogP) is -1.26. The fourth-order valence-corrected chi connectivity index (χ4v) is 3.02. The number of hydrogen-bond donors (Lipinski definition) is 5. The van der Waals surface area contributed by atoms with Crippen LogP contribution in [0.5, 0.6) is 0 Å². The monoisotopic (exact) mass is 403 g/mol. The molecule has 1 aliphatic heterocycles. The van der Waals surface area contributed by atoms with Crippen LogP contribution >= 0.6 is 0 Å². The summed E-state index contributed by atoms with van der Waals surface area (Å²) in [7, 11) is 0. The molecule has 0 bridgehead atoms. The number of ether oxygens (including phenoxy) is 1. The highest BCUT2D eigenvalue weighted by atomic mass is 19.1. The highest BCUT2D eigenvalue weighted by Gasteiger charge is 2.49. The zero-order valence-corrected chi connectivity index (χ0v) is 15.5. The molecule has 1 aromatic heterocycles. The van der Waals surface area contributed by atoms with Crippen molar-refractivity contribution in [2.45, 2.75) is 69.7 Å². The van der Waals surface area contributed by atoms with Crippen LogP contribution in [0, 0.1) is 5.82 Å². The van der Waals surface area contributed by atoms with Gasteiger partial charge in [0.1, 0.15) is 18.3 Å². The van der Waals surface area contributed by atoms with Gasteiger partial charge in [0.15, 0.2) is 12.3 Å². The van der Waals surface area contributed by atoms with Gasteiger partial charge in [0.25, 0.3) is 11.5 Å². The van der Waals surface area contributed by atoms with Crippen molar-refractivity contribution in [1.82, 2.24) is 14.9 Å². The van der Waals surface area contributed by atoms with Gasteiger partial charge < -0.3 is 25.4 Å². The maximum atomic E-state index is 13.5. The van der Waals surface area contributed by atoms with Gasteiger partial charge >= 0.3 is 5.69 Å². The van der Waals surface area contributed by atoms with Crippen LogP contribution in [0.25, 0.3) is 0 Å². The van der Waals surface area contributed by atoms with Gasteiger partial charge in [-0.05, 0) is 6.42 Å². The first-order valence-electron chi connectivity index (χ1n) is 9.26. The zero-order valence-electron chi connectivity index (χ0n) is 15.5. The van der Waals surface area contributed by atoms with Crippen molar-refractivity contribution < 1.29 is 29.2 Å². The van der Waals surface area contributed by atoms with Gasteiger partial charge in [-0.2, -0.15) is 4.39 Å². The number of unbranched alkanes of at least 4 members (excludes halogenated alkanes) is 4. The third-order valence-electron chi connectivity index (χ3n) is 4.63. The van der Waals surface area contributed by atoms with Crippen LogP contribution < -0.4 is 16.6 Å². The number of aromatic nitrogens is 2. The van der Waals surface area contributed by atoms with Gasteiger partial charge in [0, 0.05) is 6.54 Å². The van der Waals surface area contributed by atoms with E-state index in [9.17, 15) is 34.1 Å². The maximum absolute atomic E-state index is 13.5. The molecule has 2 heterocycles. The summed E-state index contributed by atoms with van der Waals surface area (Å²) in [6.07, 6.45) is -2.98. The summed E-state index contributed by atoms with van der Waals surface area (Å²) in [5, 5.41) is 32.9. The third kappa shape index (κ3) is 5.04. The Kier molecular flexibility index (Phi) is 7.87. The second-order valence-electron chi connectivity index (χ2n) is 6.77. The number of rotatable bonds is 9. The van der Waals surface area contributed by atoms with Crippen molar-refractivity contribution in [1.29, 1.82) is 0 Å². The second-order valence-corrected chi connectivity index (χ2v) is 6.77. The van der Waals surface area contributed by atoms with Gasteiger partial charge in [0.05, 0.1) is 6.20 Å². The van der Waals surface area contributed by atoms with E-state index in [1.54, 1.807) is 4.98 Å². The van der Waals surface area contributed by atoms with E-state index in [1.165, 1.54) is 0 Å². The number of nitrogens with zero attached hydrogens (tertiary/aromatic N) is 1. The Morgan fingerprint density at radius 3 is 2.64 bits per heavy atom. The number of aliphatic hydroxyl groups excluding tert-OH is 3. The van der Waals surface area contributed by atoms with E-state index in [4.69, 9.17) is 4.74 Å². The molecule has 1 aromatic rings. The molecule has 0 spiro atoms. The number of H-pyrrole nitrogens is 1. The molecule has 158 valence electrons. The molecule has 28 heavy (non-hydrogen) atoms. The first-order valence-corrected chi connectivity index (χ1v) is 9.26. The summed E-state index contributed by atoms with van der Waals surface area (Å²) in [6, 6.07) is 0. The average molecular weight is 403 g/mol. The standard InChI is InChI=1S/C17H26FN3O7/c1-2-3-4-5-6-7-19-15(26)12(24)13-10(22)11(23)16(28-13)21-8-9(18)14(25)20-17(21)27/h8,10-13,16,22-24H,2-7H2,1H3,(H,19,26)(H,20,25,27)/t10-,11+,12+,13+,16-/m0/s1. The molecular weight excluding hydrogens is 377 g/mol. The molecule has 0 aromatic carbocycles. The van der Waals surface area contributed by atoms with Crippen molar-refractivity contribution in [3.05, 3.63) is 32.9 Å². The zero-order chi connectivity index (χ0) is 20.8. The van der Waals surface area contributed by atoms with Crippen LogP contribution in [-0.2, 0) is 9.53 Å². The summed E-state index contributed by atoms with van der Waals surface area (Å²) in [5.41, 5.74) is -2.32. The van der Waals surface area contributed by atoms with Crippen LogP contribution in [0.4, 0.5) is 4.39 Å². The van der Waals surface area contributed by atoms with Crippen LogP contribution in [-0.4, -0.2) is 61.7 Å². The smallest absolute Gasteiger partial charge is 0.330 e. The molecule has 1 saturated heterocycles. The molecule has 5 atom stereocenters. The topological polar surface area (TPSA) is 154 Å². The lowest BCUT2D eigenvalue weighted by Gasteiger charge is -2.20. The van der Waals surface area contributed by atoms with E-state index < -0.39 is 53.6 Å².